The van der Waals surface area contributed by atoms with Gasteiger partial charge < -0.3 is 10.4 Å². The van der Waals surface area contributed by atoms with Gasteiger partial charge in [-0.1, -0.05) is 0 Å². The molecule has 0 aliphatic carbocycles. The fourth-order valence-electron chi connectivity index (χ4n) is 0.380. The van der Waals surface area contributed by atoms with Gasteiger partial charge in [0.2, 0.25) is 0 Å². The number of allylic oxidation sites excluding steroid dienone is 1. The zero-order chi connectivity index (χ0) is 7.11. The lowest BCUT2D eigenvalue weighted by Crippen LogP contribution is -2.09. The van der Waals surface area contributed by atoms with Gasteiger partial charge in [0.05, 0.1) is 6.61 Å². The van der Waals surface area contributed by atoms with Crippen LogP contribution in [0.15, 0.2) is 16.8 Å². The minimum atomic E-state index is 0.0303. The summed E-state index contributed by atoms with van der Waals surface area (Å²) >= 11 is 0. The molecule has 0 bridgehead atoms. The molecule has 0 aliphatic heterocycles. The molecule has 3 nitrogen and oxygen atoms in total. The summed E-state index contributed by atoms with van der Waals surface area (Å²) in [6.07, 6.45) is 3.35. The minimum absolute atomic E-state index is 0.0303. The first-order valence-electron chi connectivity index (χ1n) is 2.75. The van der Waals surface area contributed by atoms with E-state index in [0.717, 1.165) is 5.70 Å². The SMILES string of the molecule is CN=CC=C(CO)NC. The van der Waals surface area contributed by atoms with E-state index in [1.165, 1.54) is 0 Å². The van der Waals surface area contributed by atoms with Gasteiger partial charge >= 0.3 is 0 Å². The molecule has 0 aromatic rings. The lowest BCUT2D eigenvalue weighted by atomic mass is 10.4. The molecule has 9 heavy (non-hydrogen) atoms. The summed E-state index contributed by atoms with van der Waals surface area (Å²) in [5.74, 6) is 0. The van der Waals surface area contributed by atoms with E-state index >= 15 is 0 Å². The van der Waals surface area contributed by atoms with Crippen molar-refractivity contribution >= 4 is 6.21 Å². The van der Waals surface area contributed by atoms with Gasteiger partial charge in [-0.05, 0) is 6.08 Å². The smallest absolute Gasteiger partial charge is 0.0827 e. The molecule has 0 saturated carbocycles. The fraction of sp³-hybridized carbons (Fsp3) is 0.500. The van der Waals surface area contributed by atoms with E-state index in [1.54, 1.807) is 26.4 Å². The van der Waals surface area contributed by atoms with Gasteiger partial charge in [0.25, 0.3) is 0 Å². The molecular formula is C6H12N2O. The predicted octanol–water partition coefficient (Wildman–Crippen LogP) is -0.217. The number of nitrogens with zero attached hydrogens (tertiary/aromatic N) is 1. The third-order valence-corrected chi connectivity index (χ3v) is 0.916. The van der Waals surface area contributed by atoms with Crippen LogP contribution in [-0.4, -0.2) is 32.0 Å². The average Bonchev–Trinajstić information content (AvgIpc) is 1.91. The van der Waals surface area contributed by atoms with Crippen LogP contribution in [0.4, 0.5) is 0 Å². The minimum Gasteiger partial charge on any atom is -0.390 e. The summed E-state index contributed by atoms with van der Waals surface area (Å²) in [4.78, 5) is 3.72. The average molecular weight is 128 g/mol. The summed E-state index contributed by atoms with van der Waals surface area (Å²) in [5, 5.41) is 11.4. The zero-order valence-electron chi connectivity index (χ0n) is 5.76. The molecule has 0 atom stereocenters. The summed E-state index contributed by atoms with van der Waals surface area (Å²) in [6, 6.07) is 0. The number of aliphatic hydroxyl groups excluding tert-OH is 1. The van der Waals surface area contributed by atoms with E-state index in [4.69, 9.17) is 5.11 Å². The van der Waals surface area contributed by atoms with Crippen LogP contribution in [-0.2, 0) is 0 Å². The maximum atomic E-state index is 8.56. The number of nitrogens with one attached hydrogen (secondary N) is 1. The standard InChI is InChI=1S/C6H12N2O/c1-7-4-3-6(5-9)8-2/h3-4,8-9H,5H2,1-2H3. The quantitative estimate of drug-likeness (QED) is 0.516. The molecule has 0 amide bonds. The van der Waals surface area contributed by atoms with Crippen molar-refractivity contribution in [3.05, 3.63) is 11.8 Å². The molecule has 0 aromatic heterocycles. The van der Waals surface area contributed by atoms with Gasteiger partial charge in [0.15, 0.2) is 0 Å². The van der Waals surface area contributed by atoms with Crippen molar-refractivity contribution in [1.82, 2.24) is 5.32 Å². The molecule has 0 aliphatic rings. The van der Waals surface area contributed by atoms with E-state index in [0.29, 0.717) is 0 Å². The third-order valence-electron chi connectivity index (χ3n) is 0.916. The third kappa shape index (κ3) is 3.73. The molecule has 0 aromatic carbocycles. The van der Waals surface area contributed by atoms with Crippen LogP contribution in [0.25, 0.3) is 0 Å². The van der Waals surface area contributed by atoms with Crippen LogP contribution in [0.1, 0.15) is 0 Å². The second kappa shape index (κ2) is 5.31. The molecule has 0 spiro atoms. The van der Waals surface area contributed by atoms with E-state index in [-0.39, 0.29) is 6.61 Å². The normalized spacial score (nSPS) is 12.6. The predicted molar refractivity (Wildman–Crippen MR) is 38.6 cm³/mol. The lowest BCUT2D eigenvalue weighted by molar-refractivity contribution is 0.324. The largest absolute Gasteiger partial charge is 0.390 e. The number of aliphatic hydroxyl groups is 1. The van der Waals surface area contributed by atoms with Crippen molar-refractivity contribution in [2.45, 2.75) is 0 Å². The highest BCUT2D eigenvalue weighted by Gasteiger charge is 1.83. The van der Waals surface area contributed by atoms with Gasteiger partial charge in [0.1, 0.15) is 0 Å². The second-order valence-corrected chi connectivity index (χ2v) is 1.51. The van der Waals surface area contributed by atoms with Crippen LogP contribution in [0.3, 0.4) is 0 Å². The zero-order valence-corrected chi connectivity index (χ0v) is 5.76. The summed E-state index contributed by atoms with van der Waals surface area (Å²) in [7, 11) is 3.44. The monoisotopic (exact) mass is 128 g/mol. The molecule has 0 unspecified atom stereocenters. The maximum absolute atomic E-state index is 8.56. The Kier molecular flexibility index (Phi) is 4.82. The Balaban J connectivity index is 3.75. The van der Waals surface area contributed by atoms with Crippen molar-refractivity contribution in [2.24, 2.45) is 4.99 Å². The summed E-state index contributed by atoms with van der Waals surface area (Å²) < 4.78 is 0. The maximum Gasteiger partial charge on any atom is 0.0827 e. The Morgan fingerprint density at radius 3 is 2.78 bits per heavy atom. The Morgan fingerprint density at radius 2 is 2.44 bits per heavy atom. The van der Waals surface area contributed by atoms with E-state index < -0.39 is 0 Å². The van der Waals surface area contributed by atoms with Gasteiger partial charge in [0, 0.05) is 26.0 Å². The Hall–Kier alpha value is -0.830. The van der Waals surface area contributed by atoms with Crippen LogP contribution in [0.2, 0.25) is 0 Å². The Labute approximate surface area is 55.1 Å². The molecular weight excluding hydrogens is 116 g/mol. The second-order valence-electron chi connectivity index (χ2n) is 1.51. The highest BCUT2D eigenvalue weighted by molar-refractivity contribution is 5.71. The molecule has 0 fully saturated rings. The van der Waals surface area contributed by atoms with Crippen LogP contribution in [0.5, 0.6) is 0 Å². The van der Waals surface area contributed by atoms with E-state index in [9.17, 15) is 0 Å². The van der Waals surface area contributed by atoms with Crippen LogP contribution >= 0.6 is 0 Å². The molecule has 0 heterocycles. The van der Waals surface area contributed by atoms with Crippen molar-refractivity contribution in [2.75, 3.05) is 20.7 Å². The van der Waals surface area contributed by atoms with E-state index in [1.807, 2.05) is 0 Å². The Bertz CT molecular complexity index is 112. The molecule has 0 radical (unpaired) electrons. The molecule has 0 saturated heterocycles. The molecule has 3 heteroatoms. The van der Waals surface area contributed by atoms with E-state index in [2.05, 4.69) is 10.3 Å². The van der Waals surface area contributed by atoms with Gasteiger partial charge in [-0.3, -0.25) is 4.99 Å². The molecule has 0 rings (SSSR count). The topological polar surface area (TPSA) is 44.6 Å². The van der Waals surface area contributed by atoms with Crippen molar-refractivity contribution in [1.29, 1.82) is 0 Å². The van der Waals surface area contributed by atoms with Crippen molar-refractivity contribution < 1.29 is 5.11 Å². The van der Waals surface area contributed by atoms with Crippen LogP contribution < -0.4 is 5.32 Å². The van der Waals surface area contributed by atoms with Crippen LogP contribution in [0, 0.1) is 0 Å². The van der Waals surface area contributed by atoms with Gasteiger partial charge in [-0.2, -0.15) is 0 Å². The number of hydrogen-bond donors (Lipinski definition) is 2. The first-order valence-corrected chi connectivity index (χ1v) is 2.75. The number of likely N-dealkylation sites (N-methyl/N-ethyl adjacent to an activating group) is 1. The van der Waals surface area contributed by atoms with Crippen molar-refractivity contribution in [3.63, 3.8) is 0 Å². The highest BCUT2D eigenvalue weighted by atomic mass is 16.3. The fourth-order valence-corrected chi connectivity index (χ4v) is 0.380. The first-order chi connectivity index (χ1) is 4.35. The molecule has 2 N–H and O–H groups in total. The Morgan fingerprint density at radius 1 is 1.78 bits per heavy atom. The summed E-state index contributed by atoms with van der Waals surface area (Å²) in [6.45, 7) is 0.0303. The number of rotatable bonds is 3. The number of hydrogen-bond acceptors (Lipinski definition) is 3. The van der Waals surface area contributed by atoms with Crippen molar-refractivity contribution in [3.8, 4) is 0 Å². The number of aliphatic imine (C=N–C) groups is 1. The van der Waals surface area contributed by atoms with Gasteiger partial charge in [-0.25, -0.2) is 0 Å². The molecule has 52 valence electrons. The lowest BCUT2D eigenvalue weighted by Gasteiger charge is -1.97. The summed E-state index contributed by atoms with van der Waals surface area (Å²) in [5.41, 5.74) is 0.764. The highest BCUT2D eigenvalue weighted by Crippen LogP contribution is 1.80. The van der Waals surface area contributed by atoms with Gasteiger partial charge in [-0.15, -0.1) is 0 Å². The first kappa shape index (κ1) is 8.17.